The Morgan fingerprint density at radius 2 is 1.33 bits per heavy atom. The monoisotopic (exact) mass is 486 g/mol. The van der Waals surface area contributed by atoms with Gasteiger partial charge in [-0.05, 0) is 87.6 Å². The fraction of sp³-hybridized carbons (Fsp3) is 0.286. The van der Waals surface area contributed by atoms with Crippen molar-refractivity contribution >= 4 is 23.3 Å². The van der Waals surface area contributed by atoms with Gasteiger partial charge < -0.3 is 10.2 Å². The molecule has 3 rings (SSSR count). The second-order valence-electron chi connectivity index (χ2n) is 8.20. The van der Waals surface area contributed by atoms with Crippen molar-refractivity contribution in [2.75, 3.05) is 0 Å². The SMILES string of the molecule is CC(C=Nc1cc(C)cc(C)c1)=Nc1cc(C)cc(C)c1.CCCc1cccc([O-])c1[O-].[Ni+2]. The van der Waals surface area contributed by atoms with Crippen molar-refractivity contribution in [3.63, 3.8) is 0 Å². The van der Waals surface area contributed by atoms with Gasteiger partial charge in [0.15, 0.2) is 0 Å². The Balaban J connectivity index is 0.000000385. The van der Waals surface area contributed by atoms with Gasteiger partial charge in [-0.3, -0.25) is 9.98 Å². The summed E-state index contributed by atoms with van der Waals surface area (Å²) in [6, 6.07) is 17.3. The van der Waals surface area contributed by atoms with Crippen LogP contribution in [-0.2, 0) is 22.9 Å². The molecule has 0 aliphatic rings. The molecule has 0 radical (unpaired) electrons. The van der Waals surface area contributed by atoms with Gasteiger partial charge in [-0.1, -0.05) is 49.2 Å². The molecule has 0 aliphatic carbocycles. The molecule has 0 saturated heterocycles. The summed E-state index contributed by atoms with van der Waals surface area (Å²) in [6.07, 6.45) is 3.43. The van der Waals surface area contributed by atoms with Gasteiger partial charge in [0.05, 0.1) is 17.1 Å². The maximum absolute atomic E-state index is 11.0. The van der Waals surface area contributed by atoms with Crippen LogP contribution in [0.1, 0.15) is 48.1 Å². The van der Waals surface area contributed by atoms with Crippen molar-refractivity contribution in [1.82, 2.24) is 0 Å². The molecule has 0 aliphatic heterocycles. The standard InChI is InChI=1S/C19H22N2.C9H12O2.Ni/c1-13-6-14(2)9-18(8-13)20-12-17(5)21-19-10-15(3)7-16(4)11-19;1-2-4-7-5-3-6-8(10)9(7)11;/h6-12H,1-5H3;3,5-6,10-11H,2,4H2,1H3;/q;;+2/p-2. The van der Waals surface area contributed by atoms with Gasteiger partial charge in [-0.15, -0.1) is 11.5 Å². The Morgan fingerprint density at radius 3 is 1.85 bits per heavy atom. The minimum absolute atomic E-state index is 0. The number of hydrogen-bond donors (Lipinski definition) is 0. The molecule has 3 aromatic carbocycles. The number of benzene rings is 3. The smallest absolute Gasteiger partial charge is 0.873 e. The summed E-state index contributed by atoms with van der Waals surface area (Å²) in [5, 5.41) is 21.8. The molecule has 0 amide bonds. The van der Waals surface area contributed by atoms with Crippen LogP contribution >= 0.6 is 0 Å². The normalized spacial score (nSPS) is 11.0. The first-order chi connectivity index (χ1) is 15.2. The van der Waals surface area contributed by atoms with Crippen molar-refractivity contribution in [2.24, 2.45) is 9.98 Å². The van der Waals surface area contributed by atoms with Crippen molar-refractivity contribution in [1.29, 1.82) is 0 Å². The van der Waals surface area contributed by atoms with Crippen molar-refractivity contribution in [3.05, 3.63) is 82.4 Å². The van der Waals surface area contributed by atoms with Crippen molar-refractivity contribution in [3.8, 4) is 11.5 Å². The second-order valence-corrected chi connectivity index (χ2v) is 8.20. The van der Waals surface area contributed by atoms with Crippen LogP contribution in [0.2, 0.25) is 0 Å². The van der Waals surface area contributed by atoms with E-state index in [9.17, 15) is 10.2 Å². The van der Waals surface area contributed by atoms with Crippen LogP contribution in [0.5, 0.6) is 11.5 Å². The molecule has 0 unspecified atom stereocenters. The number of rotatable bonds is 5. The predicted molar refractivity (Wildman–Crippen MR) is 132 cm³/mol. The number of nitrogens with zero attached hydrogens (tertiary/aromatic N) is 2. The van der Waals surface area contributed by atoms with Crippen LogP contribution in [0, 0.1) is 27.7 Å². The van der Waals surface area contributed by atoms with Crippen LogP contribution in [0.25, 0.3) is 0 Å². The maximum atomic E-state index is 11.0. The van der Waals surface area contributed by atoms with E-state index < -0.39 is 5.75 Å². The number of aryl methyl sites for hydroxylation is 5. The van der Waals surface area contributed by atoms with E-state index in [0.29, 0.717) is 12.0 Å². The van der Waals surface area contributed by atoms with E-state index in [1.165, 1.54) is 28.3 Å². The Kier molecular flexibility index (Phi) is 11.6. The summed E-state index contributed by atoms with van der Waals surface area (Å²) in [5.41, 5.74) is 8.41. The van der Waals surface area contributed by atoms with Crippen LogP contribution in [0.15, 0.2) is 64.6 Å². The van der Waals surface area contributed by atoms with E-state index in [1.54, 1.807) is 12.1 Å². The zero-order valence-electron chi connectivity index (χ0n) is 20.2. The minimum Gasteiger partial charge on any atom is -0.873 e. The van der Waals surface area contributed by atoms with Gasteiger partial charge in [0.1, 0.15) is 0 Å². The summed E-state index contributed by atoms with van der Waals surface area (Å²) in [7, 11) is 0. The van der Waals surface area contributed by atoms with Gasteiger partial charge in [-0.25, -0.2) is 0 Å². The van der Waals surface area contributed by atoms with Crippen molar-refractivity contribution < 1.29 is 26.7 Å². The Morgan fingerprint density at radius 1 is 0.818 bits per heavy atom. The minimum atomic E-state index is -0.393. The fourth-order valence-corrected chi connectivity index (χ4v) is 3.47. The third kappa shape index (κ3) is 9.63. The zero-order chi connectivity index (χ0) is 23.7. The van der Waals surface area contributed by atoms with Gasteiger partial charge >= 0.3 is 16.5 Å². The molecule has 0 fully saturated rings. The first-order valence-corrected chi connectivity index (χ1v) is 10.9. The molecule has 176 valence electrons. The van der Waals surface area contributed by atoms with Crippen LogP contribution in [-0.4, -0.2) is 11.9 Å². The Bertz CT molecular complexity index is 1080. The quantitative estimate of drug-likeness (QED) is 0.318. The first-order valence-electron chi connectivity index (χ1n) is 10.9. The molecule has 4 nitrogen and oxygen atoms in total. The predicted octanol–water partition coefficient (Wildman–Crippen LogP) is 6.20. The molecule has 0 heterocycles. The molecule has 0 aromatic heterocycles. The topological polar surface area (TPSA) is 70.8 Å². The molecule has 33 heavy (non-hydrogen) atoms. The Labute approximate surface area is 208 Å². The maximum Gasteiger partial charge on any atom is 2.00 e. The third-order valence-corrected chi connectivity index (χ3v) is 4.70. The van der Waals surface area contributed by atoms with Gasteiger partial charge in [-0.2, -0.15) is 0 Å². The summed E-state index contributed by atoms with van der Waals surface area (Å²) >= 11 is 0. The van der Waals surface area contributed by atoms with E-state index in [2.05, 4.69) is 74.1 Å². The molecular weight excluding hydrogens is 455 g/mol. The van der Waals surface area contributed by atoms with Crippen LogP contribution in [0.3, 0.4) is 0 Å². The molecule has 0 spiro atoms. The van der Waals surface area contributed by atoms with E-state index in [4.69, 9.17) is 0 Å². The molecular formula is C28H32N2NiO2. The van der Waals surface area contributed by atoms with Gasteiger partial charge in [0, 0.05) is 6.21 Å². The zero-order valence-corrected chi connectivity index (χ0v) is 21.2. The summed E-state index contributed by atoms with van der Waals surface area (Å²) in [6.45, 7) is 12.3. The average Bonchev–Trinajstić information content (AvgIpc) is 2.69. The number of para-hydroxylation sites is 1. The molecule has 0 N–H and O–H groups in total. The van der Waals surface area contributed by atoms with E-state index in [1.807, 2.05) is 20.1 Å². The second kappa shape index (κ2) is 13.6. The molecule has 5 heteroatoms. The molecule has 0 saturated carbocycles. The average molecular weight is 487 g/mol. The molecule has 0 bridgehead atoms. The molecule has 3 aromatic rings. The number of hydrogen-bond acceptors (Lipinski definition) is 4. The van der Waals surface area contributed by atoms with Crippen molar-refractivity contribution in [2.45, 2.75) is 54.4 Å². The number of aliphatic imine (C=N–C) groups is 2. The van der Waals surface area contributed by atoms with Crippen LogP contribution < -0.4 is 10.2 Å². The van der Waals surface area contributed by atoms with E-state index in [0.717, 1.165) is 23.5 Å². The van der Waals surface area contributed by atoms with Crippen LogP contribution in [0.4, 0.5) is 11.4 Å². The Hall–Kier alpha value is -2.91. The summed E-state index contributed by atoms with van der Waals surface area (Å²) < 4.78 is 0. The van der Waals surface area contributed by atoms with Gasteiger partial charge in [0.25, 0.3) is 0 Å². The largest absolute Gasteiger partial charge is 2.00 e. The summed E-state index contributed by atoms with van der Waals surface area (Å²) in [5.74, 6) is -0.731. The first kappa shape index (κ1) is 28.1. The van der Waals surface area contributed by atoms with E-state index >= 15 is 0 Å². The fourth-order valence-electron chi connectivity index (χ4n) is 3.47. The summed E-state index contributed by atoms with van der Waals surface area (Å²) in [4.78, 5) is 9.12. The van der Waals surface area contributed by atoms with Gasteiger partial charge in [0.2, 0.25) is 0 Å². The van der Waals surface area contributed by atoms with E-state index in [-0.39, 0.29) is 22.2 Å². The third-order valence-electron chi connectivity index (χ3n) is 4.70. The molecule has 0 atom stereocenters.